The summed E-state index contributed by atoms with van der Waals surface area (Å²) >= 11 is 0. The van der Waals surface area contributed by atoms with Crippen molar-refractivity contribution in [1.82, 2.24) is 4.90 Å². The van der Waals surface area contributed by atoms with Gasteiger partial charge < -0.3 is 14.7 Å². The van der Waals surface area contributed by atoms with E-state index in [1.165, 1.54) is 0 Å². The van der Waals surface area contributed by atoms with Crippen LogP contribution in [0.4, 0.5) is 0 Å². The van der Waals surface area contributed by atoms with Crippen LogP contribution in [-0.2, 0) is 16.0 Å². The predicted octanol–water partition coefficient (Wildman–Crippen LogP) is 1.56. The molecule has 1 saturated heterocycles. The van der Waals surface area contributed by atoms with Crippen molar-refractivity contribution in [2.24, 2.45) is 5.92 Å². The highest BCUT2D eigenvalue weighted by molar-refractivity contribution is 5.86. The normalized spacial score (nSPS) is 18.4. The summed E-state index contributed by atoms with van der Waals surface area (Å²) in [6.07, 6.45) is 1.74. The second kappa shape index (κ2) is 6.41. The number of aliphatic carboxylic acids is 1. The average molecular weight is 277 g/mol. The van der Waals surface area contributed by atoms with E-state index in [-0.39, 0.29) is 12.3 Å². The van der Waals surface area contributed by atoms with Gasteiger partial charge in [0.1, 0.15) is 5.75 Å². The third-order valence-electron chi connectivity index (χ3n) is 3.63. The van der Waals surface area contributed by atoms with E-state index in [0.717, 1.165) is 24.2 Å². The summed E-state index contributed by atoms with van der Waals surface area (Å²) in [5.41, 5.74) is 1.11. The number of benzene rings is 1. The van der Waals surface area contributed by atoms with Crippen molar-refractivity contribution in [3.05, 3.63) is 29.8 Å². The van der Waals surface area contributed by atoms with Gasteiger partial charge in [0.15, 0.2) is 0 Å². The Bertz CT molecular complexity index is 500. The fourth-order valence-electron chi connectivity index (χ4n) is 2.52. The SMILES string of the molecule is COc1ccccc1CCCN1CC(C(=O)O)CC1=O. The zero-order valence-electron chi connectivity index (χ0n) is 11.5. The lowest BCUT2D eigenvalue weighted by atomic mass is 10.1. The first-order valence-corrected chi connectivity index (χ1v) is 6.74. The van der Waals surface area contributed by atoms with Gasteiger partial charge in [-0.1, -0.05) is 18.2 Å². The van der Waals surface area contributed by atoms with E-state index in [1.807, 2.05) is 24.3 Å². The largest absolute Gasteiger partial charge is 0.496 e. The molecule has 1 fully saturated rings. The van der Waals surface area contributed by atoms with Crippen molar-refractivity contribution < 1.29 is 19.4 Å². The number of methoxy groups -OCH3 is 1. The van der Waals surface area contributed by atoms with Crippen molar-refractivity contribution >= 4 is 11.9 Å². The smallest absolute Gasteiger partial charge is 0.308 e. The number of hydrogen-bond donors (Lipinski definition) is 1. The van der Waals surface area contributed by atoms with Crippen LogP contribution in [0, 0.1) is 5.92 Å². The van der Waals surface area contributed by atoms with E-state index in [2.05, 4.69) is 0 Å². The molecule has 1 amide bonds. The molecule has 1 aromatic rings. The summed E-state index contributed by atoms with van der Waals surface area (Å²) in [6, 6.07) is 7.80. The molecule has 5 heteroatoms. The molecule has 1 aromatic carbocycles. The Balaban J connectivity index is 1.84. The van der Waals surface area contributed by atoms with Gasteiger partial charge >= 0.3 is 5.97 Å². The third kappa shape index (κ3) is 3.29. The van der Waals surface area contributed by atoms with Gasteiger partial charge in [0.25, 0.3) is 0 Å². The van der Waals surface area contributed by atoms with E-state index in [0.29, 0.717) is 13.1 Å². The molecule has 108 valence electrons. The molecule has 0 radical (unpaired) electrons. The number of hydrogen-bond acceptors (Lipinski definition) is 3. The number of ether oxygens (including phenoxy) is 1. The van der Waals surface area contributed by atoms with Crippen LogP contribution >= 0.6 is 0 Å². The maximum absolute atomic E-state index is 11.7. The number of rotatable bonds is 6. The molecule has 1 atom stereocenters. The molecule has 1 N–H and O–H groups in total. The summed E-state index contributed by atoms with van der Waals surface area (Å²) in [7, 11) is 1.64. The number of aryl methyl sites for hydroxylation is 1. The topological polar surface area (TPSA) is 66.8 Å². The maximum Gasteiger partial charge on any atom is 0.308 e. The number of carboxylic acids is 1. The lowest BCUT2D eigenvalue weighted by Crippen LogP contribution is -2.27. The first-order valence-electron chi connectivity index (χ1n) is 6.74. The van der Waals surface area contributed by atoms with Gasteiger partial charge in [0, 0.05) is 19.5 Å². The average Bonchev–Trinajstić information content (AvgIpc) is 2.81. The minimum atomic E-state index is -0.884. The molecule has 1 heterocycles. The number of carbonyl (C=O) groups excluding carboxylic acids is 1. The Morgan fingerprint density at radius 1 is 1.45 bits per heavy atom. The van der Waals surface area contributed by atoms with Crippen LogP contribution in [0.25, 0.3) is 0 Å². The fraction of sp³-hybridized carbons (Fsp3) is 0.467. The van der Waals surface area contributed by atoms with Crippen molar-refractivity contribution in [1.29, 1.82) is 0 Å². The molecule has 20 heavy (non-hydrogen) atoms. The van der Waals surface area contributed by atoms with E-state index < -0.39 is 11.9 Å². The maximum atomic E-state index is 11.7. The molecule has 0 saturated carbocycles. The van der Waals surface area contributed by atoms with Crippen molar-refractivity contribution in [2.75, 3.05) is 20.2 Å². The summed E-state index contributed by atoms with van der Waals surface area (Å²) in [5.74, 6) is -0.638. The van der Waals surface area contributed by atoms with E-state index in [1.54, 1.807) is 12.0 Å². The van der Waals surface area contributed by atoms with Gasteiger partial charge in [-0.2, -0.15) is 0 Å². The van der Waals surface area contributed by atoms with Gasteiger partial charge in [-0.25, -0.2) is 0 Å². The quantitative estimate of drug-likeness (QED) is 0.857. The lowest BCUT2D eigenvalue weighted by molar-refractivity contribution is -0.141. The van der Waals surface area contributed by atoms with Gasteiger partial charge in [0.2, 0.25) is 5.91 Å². The van der Waals surface area contributed by atoms with E-state index in [9.17, 15) is 9.59 Å². The Labute approximate surface area is 118 Å². The Morgan fingerprint density at radius 2 is 2.20 bits per heavy atom. The van der Waals surface area contributed by atoms with E-state index in [4.69, 9.17) is 9.84 Å². The van der Waals surface area contributed by atoms with E-state index >= 15 is 0 Å². The second-order valence-corrected chi connectivity index (χ2v) is 4.99. The molecule has 1 aliphatic heterocycles. The molecular formula is C15H19NO4. The van der Waals surface area contributed by atoms with Crippen LogP contribution in [0.5, 0.6) is 5.75 Å². The number of para-hydroxylation sites is 1. The molecule has 0 bridgehead atoms. The highest BCUT2D eigenvalue weighted by Crippen LogP contribution is 2.21. The number of amides is 1. The minimum absolute atomic E-state index is 0.0579. The van der Waals surface area contributed by atoms with Crippen molar-refractivity contribution in [2.45, 2.75) is 19.3 Å². The molecule has 2 rings (SSSR count). The van der Waals surface area contributed by atoms with Gasteiger partial charge in [0.05, 0.1) is 13.0 Å². The van der Waals surface area contributed by atoms with Crippen LogP contribution in [0.2, 0.25) is 0 Å². The number of likely N-dealkylation sites (tertiary alicyclic amines) is 1. The van der Waals surface area contributed by atoms with Gasteiger partial charge in [-0.3, -0.25) is 9.59 Å². The molecule has 5 nitrogen and oxygen atoms in total. The van der Waals surface area contributed by atoms with Gasteiger partial charge in [-0.15, -0.1) is 0 Å². The Morgan fingerprint density at radius 3 is 2.85 bits per heavy atom. The standard InChI is InChI=1S/C15H19NO4/c1-20-13-7-3-2-5-11(13)6-4-8-16-10-12(15(18)19)9-14(16)17/h2-3,5,7,12H,4,6,8-10H2,1H3,(H,18,19). The number of carboxylic acid groups (broad SMARTS) is 1. The predicted molar refractivity (Wildman–Crippen MR) is 73.6 cm³/mol. The zero-order valence-corrected chi connectivity index (χ0v) is 11.5. The summed E-state index contributed by atoms with van der Waals surface area (Å²) in [5, 5.41) is 8.93. The Hall–Kier alpha value is -2.04. The summed E-state index contributed by atoms with van der Waals surface area (Å²) in [4.78, 5) is 24.2. The molecular weight excluding hydrogens is 258 g/mol. The van der Waals surface area contributed by atoms with Gasteiger partial charge in [-0.05, 0) is 24.5 Å². The lowest BCUT2D eigenvalue weighted by Gasteiger charge is -2.16. The molecule has 0 aliphatic carbocycles. The van der Waals surface area contributed by atoms with Crippen LogP contribution in [0.1, 0.15) is 18.4 Å². The number of nitrogens with zero attached hydrogens (tertiary/aromatic N) is 1. The van der Waals surface area contributed by atoms with Crippen LogP contribution < -0.4 is 4.74 Å². The minimum Gasteiger partial charge on any atom is -0.496 e. The zero-order chi connectivity index (χ0) is 14.5. The second-order valence-electron chi connectivity index (χ2n) is 4.99. The van der Waals surface area contributed by atoms with Crippen molar-refractivity contribution in [3.8, 4) is 5.75 Å². The molecule has 0 spiro atoms. The fourth-order valence-corrected chi connectivity index (χ4v) is 2.52. The summed E-state index contributed by atoms with van der Waals surface area (Å²) in [6.45, 7) is 0.931. The first kappa shape index (κ1) is 14.4. The van der Waals surface area contributed by atoms with Crippen LogP contribution in [0.3, 0.4) is 0 Å². The Kier molecular flexibility index (Phi) is 4.61. The highest BCUT2D eigenvalue weighted by atomic mass is 16.5. The molecule has 0 aromatic heterocycles. The van der Waals surface area contributed by atoms with Crippen LogP contribution in [-0.4, -0.2) is 42.1 Å². The monoisotopic (exact) mass is 277 g/mol. The first-order chi connectivity index (χ1) is 9.61. The highest BCUT2D eigenvalue weighted by Gasteiger charge is 2.33. The third-order valence-corrected chi connectivity index (χ3v) is 3.63. The molecule has 1 unspecified atom stereocenters. The van der Waals surface area contributed by atoms with Crippen LogP contribution in [0.15, 0.2) is 24.3 Å². The molecule has 1 aliphatic rings. The van der Waals surface area contributed by atoms with Crippen molar-refractivity contribution in [3.63, 3.8) is 0 Å². The number of carbonyl (C=O) groups is 2. The summed E-state index contributed by atoms with van der Waals surface area (Å²) < 4.78 is 5.28.